The third-order valence-corrected chi connectivity index (χ3v) is 4.45. The summed E-state index contributed by atoms with van der Waals surface area (Å²) in [7, 11) is 0. The number of ether oxygens (including phenoxy) is 1. The van der Waals surface area contributed by atoms with Gasteiger partial charge in [-0.05, 0) is 54.3 Å². The van der Waals surface area contributed by atoms with Crippen LogP contribution in [0, 0.1) is 6.92 Å². The van der Waals surface area contributed by atoms with Crippen molar-refractivity contribution in [3.8, 4) is 5.75 Å². The quantitative estimate of drug-likeness (QED) is 0.703. The fourth-order valence-corrected chi connectivity index (χ4v) is 3.05. The van der Waals surface area contributed by atoms with Gasteiger partial charge in [0, 0.05) is 16.8 Å². The highest BCUT2D eigenvalue weighted by atomic mass is 35.5. The number of rotatable bonds is 5. The minimum absolute atomic E-state index is 0.174. The molecular weight excluding hydrogens is 344 g/mol. The van der Waals surface area contributed by atoms with Gasteiger partial charge in [-0.3, -0.25) is 4.79 Å². The molecule has 0 aliphatic heterocycles. The first-order valence-corrected chi connectivity index (χ1v) is 8.56. The number of anilines is 1. The predicted octanol–water partition coefficient (Wildman–Crippen LogP) is 4.94. The number of benzene rings is 1. The topological polar surface area (TPSA) is 51.2 Å². The molecule has 1 N–H and O–H groups in total. The van der Waals surface area contributed by atoms with E-state index >= 15 is 0 Å². The van der Waals surface area contributed by atoms with Crippen LogP contribution in [0.15, 0.2) is 54.0 Å². The van der Waals surface area contributed by atoms with E-state index in [-0.39, 0.29) is 5.91 Å². The number of carbonyl (C=O) groups excluding carboxylic acids is 1. The van der Waals surface area contributed by atoms with Crippen molar-refractivity contribution in [3.63, 3.8) is 0 Å². The van der Waals surface area contributed by atoms with Crippen LogP contribution in [0.3, 0.4) is 0 Å². The van der Waals surface area contributed by atoms with Crippen LogP contribution in [0.4, 0.5) is 5.82 Å². The summed E-state index contributed by atoms with van der Waals surface area (Å²) in [5, 5.41) is 5.33. The minimum Gasteiger partial charge on any atom is -0.489 e. The Morgan fingerprint density at radius 1 is 1.29 bits per heavy atom. The van der Waals surface area contributed by atoms with E-state index in [1.165, 1.54) is 11.3 Å². The molecule has 24 heavy (non-hydrogen) atoms. The molecule has 0 aliphatic carbocycles. The molecule has 0 fully saturated rings. The summed E-state index contributed by atoms with van der Waals surface area (Å²) in [6, 6.07) is 12.8. The van der Waals surface area contributed by atoms with Gasteiger partial charge in [0.25, 0.3) is 5.91 Å². The standard InChI is InChI=1S/C18H15ClN2O2S/c1-12-5-6-20-17(7-12)21-18(22)16-8-13(11-24-16)10-23-15-4-2-3-14(19)9-15/h2-9,11H,10H2,1H3,(H,20,21,22). The van der Waals surface area contributed by atoms with Gasteiger partial charge in [-0.1, -0.05) is 17.7 Å². The summed E-state index contributed by atoms with van der Waals surface area (Å²) in [6.45, 7) is 2.33. The van der Waals surface area contributed by atoms with Gasteiger partial charge in [-0.2, -0.15) is 0 Å². The van der Waals surface area contributed by atoms with Crippen LogP contribution in [0.2, 0.25) is 5.02 Å². The Balaban J connectivity index is 1.61. The first-order valence-electron chi connectivity index (χ1n) is 7.30. The Hall–Kier alpha value is -2.37. The van der Waals surface area contributed by atoms with Gasteiger partial charge in [0.05, 0.1) is 4.88 Å². The van der Waals surface area contributed by atoms with E-state index in [2.05, 4.69) is 10.3 Å². The van der Waals surface area contributed by atoms with Crippen molar-refractivity contribution in [2.45, 2.75) is 13.5 Å². The van der Waals surface area contributed by atoms with Crippen LogP contribution in [-0.2, 0) is 6.61 Å². The van der Waals surface area contributed by atoms with Crippen molar-refractivity contribution in [1.82, 2.24) is 4.98 Å². The second-order valence-corrected chi connectivity index (χ2v) is 6.59. The highest BCUT2D eigenvalue weighted by Gasteiger charge is 2.10. The lowest BCUT2D eigenvalue weighted by Crippen LogP contribution is -2.11. The number of nitrogens with one attached hydrogen (secondary N) is 1. The maximum Gasteiger partial charge on any atom is 0.266 e. The zero-order chi connectivity index (χ0) is 16.9. The summed E-state index contributed by atoms with van der Waals surface area (Å²) in [6.07, 6.45) is 1.67. The Morgan fingerprint density at radius 2 is 2.17 bits per heavy atom. The van der Waals surface area contributed by atoms with E-state index in [1.54, 1.807) is 18.3 Å². The number of nitrogens with zero attached hydrogens (tertiary/aromatic N) is 1. The molecule has 0 unspecified atom stereocenters. The van der Waals surface area contributed by atoms with Gasteiger partial charge in [0.1, 0.15) is 18.2 Å². The second-order valence-electron chi connectivity index (χ2n) is 5.24. The molecule has 122 valence electrons. The Kier molecular flexibility index (Phi) is 5.13. The van der Waals surface area contributed by atoms with E-state index in [1.807, 2.05) is 42.6 Å². The predicted molar refractivity (Wildman–Crippen MR) is 97.0 cm³/mol. The highest BCUT2D eigenvalue weighted by Crippen LogP contribution is 2.21. The van der Waals surface area contributed by atoms with Crippen LogP contribution in [0.25, 0.3) is 0 Å². The fourth-order valence-electron chi connectivity index (χ4n) is 2.08. The molecule has 2 heterocycles. The number of hydrogen-bond donors (Lipinski definition) is 1. The van der Waals surface area contributed by atoms with Gasteiger partial charge in [0.15, 0.2) is 0 Å². The number of hydrogen-bond acceptors (Lipinski definition) is 4. The lowest BCUT2D eigenvalue weighted by Gasteiger charge is -2.05. The average Bonchev–Trinajstić information content (AvgIpc) is 3.02. The molecule has 0 saturated heterocycles. The van der Waals surface area contributed by atoms with Crippen molar-refractivity contribution in [2.24, 2.45) is 0 Å². The summed E-state index contributed by atoms with van der Waals surface area (Å²) in [4.78, 5) is 17.0. The lowest BCUT2D eigenvalue weighted by atomic mass is 10.3. The van der Waals surface area contributed by atoms with Crippen LogP contribution >= 0.6 is 22.9 Å². The van der Waals surface area contributed by atoms with Crippen molar-refractivity contribution < 1.29 is 9.53 Å². The van der Waals surface area contributed by atoms with Crippen LogP contribution in [-0.4, -0.2) is 10.9 Å². The number of thiophene rings is 1. The van der Waals surface area contributed by atoms with Crippen LogP contribution < -0.4 is 10.1 Å². The van der Waals surface area contributed by atoms with E-state index in [0.29, 0.717) is 28.1 Å². The highest BCUT2D eigenvalue weighted by molar-refractivity contribution is 7.12. The van der Waals surface area contributed by atoms with E-state index < -0.39 is 0 Å². The Morgan fingerprint density at radius 3 is 2.96 bits per heavy atom. The monoisotopic (exact) mass is 358 g/mol. The third-order valence-electron chi connectivity index (χ3n) is 3.24. The van der Waals surface area contributed by atoms with Crippen molar-refractivity contribution in [1.29, 1.82) is 0 Å². The SMILES string of the molecule is Cc1ccnc(NC(=O)c2cc(COc3cccc(Cl)c3)cs2)c1. The number of halogens is 1. The lowest BCUT2D eigenvalue weighted by molar-refractivity contribution is 0.103. The summed E-state index contributed by atoms with van der Waals surface area (Å²) in [5.74, 6) is 1.07. The molecule has 1 amide bonds. The molecule has 0 atom stereocenters. The molecule has 1 aromatic carbocycles. The normalized spacial score (nSPS) is 10.4. The first-order chi connectivity index (χ1) is 11.6. The molecule has 3 rings (SSSR count). The maximum absolute atomic E-state index is 12.3. The molecule has 4 nitrogen and oxygen atoms in total. The third kappa shape index (κ3) is 4.34. The number of carbonyl (C=O) groups is 1. The molecule has 3 aromatic rings. The molecule has 0 saturated carbocycles. The minimum atomic E-state index is -0.174. The molecule has 0 aliphatic rings. The number of pyridine rings is 1. The Bertz CT molecular complexity index is 863. The van der Waals surface area contributed by atoms with E-state index in [0.717, 1.165) is 11.1 Å². The maximum atomic E-state index is 12.3. The molecule has 2 aromatic heterocycles. The largest absolute Gasteiger partial charge is 0.489 e. The molecule has 0 spiro atoms. The van der Waals surface area contributed by atoms with Gasteiger partial charge < -0.3 is 10.1 Å². The molecular formula is C18H15ClN2O2S. The Labute approximate surface area is 149 Å². The first kappa shape index (κ1) is 16.5. The van der Waals surface area contributed by atoms with Crippen molar-refractivity contribution >= 4 is 34.7 Å². The van der Waals surface area contributed by atoms with Gasteiger partial charge in [-0.15, -0.1) is 11.3 Å². The average molecular weight is 359 g/mol. The van der Waals surface area contributed by atoms with E-state index in [9.17, 15) is 4.79 Å². The molecule has 0 bridgehead atoms. The second kappa shape index (κ2) is 7.47. The zero-order valence-electron chi connectivity index (χ0n) is 13.0. The summed E-state index contributed by atoms with van der Waals surface area (Å²) >= 11 is 7.30. The zero-order valence-corrected chi connectivity index (χ0v) is 14.5. The fraction of sp³-hybridized carbons (Fsp3) is 0.111. The summed E-state index contributed by atoms with van der Waals surface area (Å²) in [5.41, 5.74) is 1.98. The number of aromatic nitrogens is 1. The molecule has 0 radical (unpaired) electrons. The van der Waals surface area contributed by atoms with Gasteiger partial charge in [0.2, 0.25) is 0 Å². The number of amides is 1. The summed E-state index contributed by atoms with van der Waals surface area (Å²) < 4.78 is 5.68. The van der Waals surface area contributed by atoms with Crippen molar-refractivity contribution in [3.05, 3.63) is 75.1 Å². The van der Waals surface area contributed by atoms with E-state index in [4.69, 9.17) is 16.3 Å². The van der Waals surface area contributed by atoms with Crippen molar-refractivity contribution in [2.75, 3.05) is 5.32 Å². The molecule has 6 heteroatoms. The van der Waals surface area contributed by atoms with Crippen LogP contribution in [0.5, 0.6) is 5.75 Å². The van der Waals surface area contributed by atoms with Gasteiger partial charge in [-0.25, -0.2) is 4.98 Å². The van der Waals surface area contributed by atoms with Crippen LogP contribution in [0.1, 0.15) is 20.8 Å². The number of aryl methyl sites for hydroxylation is 1. The smallest absolute Gasteiger partial charge is 0.266 e. The van der Waals surface area contributed by atoms with Gasteiger partial charge >= 0.3 is 0 Å².